The molecule has 0 aromatic carbocycles. The first-order valence-electron chi connectivity index (χ1n) is 9.89. The first kappa shape index (κ1) is 22.2. The van der Waals surface area contributed by atoms with Crippen LogP contribution in [0.15, 0.2) is 0 Å². The molecule has 0 bridgehead atoms. The Morgan fingerprint density at radius 1 is 0.524 bits per heavy atom. The molecule has 0 aromatic heterocycles. The Hall–Kier alpha value is 1.15. The van der Waals surface area contributed by atoms with E-state index in [4.69, 9.17) is 0 Å². The topological polar surface area (TPSA) is 0 Å². The zero-order valence-corrected chi connectivity index (χ0v) is 20.3. The van der Waals surface area contributed by atoms with Crippen LogP contribution in [0.5, 0.6) is 0 Å². The van der Waals surface area contributed by atoms with Crippen molar-refractivity contribution in [3.63, 3.8) is 0 Å². The van der Waals surface area contributed by atoms with Crippen molar-refractivity contribution in [3.05, 3.63) is 0 Å². The monoisotopic (exact) mass is 417 g/mol. The van der Waals surface area contributed by atoms with E-state index in [-0.39, 0.29) is 0 Å². The van der Waals surface area contributed by atoms with Gasteiger partial charge in [-0.05, 0) is 0 Å². The molecule has 125 valence electrons. The van der Waals surface area contributed by atoms with Crippen LogP contribution in [0.2, 0.25) is 54.7 Å². The standard InChI is InChI=1S/C18H42BGe2/c1-7-20(8-2,9-3)17-13-15-19-16-14-18-21(10-4,11-5)12-6/h7-18H2,1-6H3. The zero-order valence-electron chi connectivity index (χ0n) is 16.1. The van der Waals surface area contributed by atoms with Gasteiger partial charge < -0.3 is 0 Å². The Kier molecular flexibility index (Phi) is 13.2. The number of rotatable bonds is 14. The summed E-state index contributed by atoms with van der Waals surface area (Å²) >= 11 is -2.73. The molecular weight excluding hydrogens is 372 g/mol. The minimum atomic E-state index is -1.36. The SMILES string of the molecule is C[CH2][Ge]([CH2]C)([CH2]C)[CH2]CC[B]CC[CH2][Ge]([CH2]C)([CH2]C)[CH2]C. The normalized spacial score (nSPS) is 12.7. The molecule has 1 radical (unpaired) electrons. The molecule has 0 fully saturated rings. The van der Waals surface area contributed by atoms with Crippen molar-refractivity contribution in [2.45, 2.75) is 109 Å². The summed E-state index contributed by atoms with van der Waals surface area (Å²) < 4.78 is 0. The molecule has 0 N–H and O–H groups in total. The Morgan fingerprint density at radius 2 is 0.810 bits per heavy atom. The molecule has 0 nitrogen and oxygen atoms in total. The van der Waals surface area contributed by atoms with Gasteiger partial charge in [0, 0.05) is 0 Å². The molecule has 0 atom stereocenters. The molecule has 0 saturated heterocycles. The van der Waals surface area contributed by atoms with Gasteiger partial charge in [0.25, 0.3) is 0 Å². The predicted octanol–water partition coefficient (Wildman–Crippen LogP) is 7.32. The summed E-state index contributed by atoms with van der Waals surface area (Å²) in [5.41, 5.74) is 0. The molecule has 0 spiro atoms. The summed E-state index contributed by atoms with van der Waals surface area (Å²) in [4.78, 5) is 0. The van der Waals surface area contributed by atoms with Gasteiger partial charge in [-0.15, -0.1) is 0 Å². The van der Waals surface area contributed by atoms with Crippen LogP contribution in [0.25, 0.3) is 0 Å². The fourth-order valence-corrected chi connectivity index (χ4v) is 18.7. The third kappa shape index (κ3) is 7.99. The van der Waals surface area contributed by atoms with E-state index in [1.807, 2.05) is 0 Å². The van der Waals surface area contributed by atoms with Crippen molar-refractivity contribution in [1.82, 2.24) is 0 Å². The van der Waals surface area contributed by atoms with E-state index < -0.39 is 26.5 Å². The first-order valence-corrected chi connectivity index (χ1v) is 21.8. The molecule has 0 heterocycles. The van der Waals surface area contributed by atoms with Crippen molar-refractivity contribution >= 4 is 33.8 Å². The van der Waals surface area contributed by atoms with E-state index in [1.54, 1.807) is 42.0 Å². The number of hydrogen-bond donors (Lipinski definition) is 0. The second kappa shape index (κ2) is 12.6. The van der Waals surface area contributed by atoms with E-state index in [0.29, 0.717) is 0 Å². The molecule has 0 aliphatic rings. The zero-order chi connectivity index (χ0) is 16.2. The Balaban J connectivity index is 3.78. The predicted molar refractivity (Wildman–Crippen MR) is 109 cm³/mol. The Labute approximate surface area is 142 Å². The maximum absolute atomic E-state index is 2.63. The Morgan fingerprint density at radius 3 is 1.05 bits per heavy atom. The van der Waals surface area contributed by atoms with Crippen LogP contribution in [-0.4, -0.2) is 33.8 Å². The molecule has 0 rings (SSSR count). The average molecular weight is 415 g/mol. The summed E-state index contributed by atoms with van der Waals surface area (Å²) in [6, 6.07) is 0. The van der Waals surface area contributed by atoms with E-state index in [9.17, 15) is 0 Å². The molecule has 0 amide bonds. The quantitative estimate of drug-likeness (QED) is 0.206. The van der Waals surface area contributed by atoms with E-state index in [0.717, 1.165) is 0 Å². The molecule has 3 heteroatoms. The van der Waals surface area contributed by atoms with Gasteiger partial charge in [0.2, 0.25) is 0 Å². The van der Waals surface area contributed by atoms with Crippen molar-refractivity contribution in [3.8, 4) is 0 Å². The molecular formula is C18H42BGe2. The molecule has 0 unspecified atom stereocenters. The van der Waals surface area contributed by atoms with Gasteiger partial charge in [-0.3, -0.25) is 0 Å². The van der Waals surface area contributed by atoms with Crippen molar-refractivity contribution in [1.29, 1.82) is 0 Å². The Bertz CT molecular complexity index is 195. The molecule has 21 heavy (non-hydrogen) atoms. The van der Waals surface area contributed by atoms with Gasteiger partial charge in [0.1, 0.15) is 0 Å². The maximum atomic E-state index is 2.63. The second-order valence-electron chi connectivity index (χ2n) is 7.19. The van der Waals surface area contributed by atoms with Crippen LogP contribution in [0.4, 0.5) is 0 Å². The molecule has 0 aliphatic carbocycles. The fourth-order valence-electron chi connectivity index (χ4n) is 3.95. The van der Waals surface area contributed by atoms with Crippen LogP contribution in [0.1, 0.15) is 54.4 Å². The van der Waals surface area contributed by atoms with Gasteiger partial charge in [0.15, 0.2) is 0 Å². The van der Waals surface area contributed by atoms with Crippen LogP contribution >= 0.6 is 0 Å². The van der Waals surface area contributed by atoms with Gasteiger partial charge in [-0.1, -0.05) is 0 Å². The van der Waals surface area contributed by atoms with E-state index >= 15 is 0 Å². The van der Waals surface area contributed by atoms with Gasteiger partial charge in [0.05, 0.1) is 0 Å². The summed E-state index contributed by atoms with van der Waals surface area (Å²) in [5.74, 6) is 0. The van der Waals surface area contributed by atoms with E-state index in [1.165, 1.54) is 25.5 Å². The summed E-state index contributed by atoms with van der Waals surface area (Å²) in [5, 5.41) is 12.5. The van der Waals surface area contributed by atoms with Gasteiger partial charge in [-0.2, -0.15) is 0 Å². The summed E-state index contributed by atoms with van der Waals surface area (Å²) in [6.45, 7) is 14.8. The minimum absolute atomic E-state index is 1.36. The van der Waals surface area contributed by atoms with Crippen molar-refractivity contribution < 1.29 is 0 Å². The fraction of sp³-hybridized carbons (Fsp3) is 1.00. The van der Waals surface area contributed by atoms with Crippen LogP contribution in [-0.2, 0) is 0 Å². The van der Waals surface area contributed by atoms with Crippen LogP contribution < -0.4 is 0 Å². The van der Waals surface area contributed by atoms with Crippen molar-refractivity contribution in [2.75, 3.05) is 0 Å². The molecule has 0 saturated carbocycles. The average Bonchev–Trinajstić information content (AvgIpc) is 2.55. The number of hydrogen-bond acceptors (Lipinski definition) is 0. The van der Waals surface area contributed by atoms with Crippen LogP contribution in [0.3, 0.4) is 0 Å². The first-order chi connectivity index (χ1) is 10.1. The molecule has 0 aliphatic heterocycles. The third-order valence-electron chi connectivity index (χ3n) is 6.73. The second-order valence-corrected chi connectivity index (χ2v) is 30.8. The van der Waals surface area contributed by atoms with Gasteiger partial charge >= 0.3 is 143 Å². The molecule has 0 aromatic rings. The van der Waals surface area contributed by atoms with Crippen LogP contribution in [0, 0.1) is 0 Å². The summed E-state index contributed by atoms with van der Waals surface area (Å²) in [6.07, 6.45) is 5.80. The van der Waals surface area contributed by atoms with Gasteiger partial charge in [-0.25, -0.2) is 0 Å². The summed E-state index contributed by atoms with van der Waals surface area (Å²) in [7, 11) is 2.63. The third-order valence-corrected chi connectivity index (χ3v) is 31.5. The van der Waals surface area contributed by atoms with Crippen molar-refractivity contribution in [2.24, 2.45) is 0 Å². The van der Waals surface area contributed by atoms with E-state index in [2.05, 4.69) is 48.8 Å².